The van der Waals surface area contributed by atoms with Crippen molar-refractivity contribution in [2.24, 2.45) is 5.73 Å². The molecule has 0 heterocycles. The molecule has 0 saturated heterocycles. The maximum atomic E-state index is 11.6. The molecule has 3 nitrogen and oxygen atoms in total. The summed E-state index contributed by atoms with van der Waals surface area (Å²) in [6.07, 6.45) is 0.437. The Morgan fingerprint density at radius 2 is 1.81 bits per heavy atom. The van der Waals surface area contributed by atoms with E-state index < -0.39 is 0 Å². The van der Waals surface area contributed by atoms with Gasteiger partial charge >= 0.3 is 0 Å². The van der Waals surface area contributed by atoms with Crippen LogP contribution in [0.2, 0.25) is 0 Å². The maximum absolute atomic E-state index is 11.6. The lowest BCUT2D eigenvalue weighted by Gasteiger charge is -2.10. The topological polar surface area (TPSA) is 55.1 Å². The molecule has 3 N–H and O–H groups in total. The molecule has 0 bridgehead atoms. The quantitative estimate of drug-likeness (QED) is 0.802. The lowest BCUT2D eigenvalue weighted by molar-refractivity contribution is -0.120. The van der Waals surface area contributed by atoms with Crippen LogP contribution in [0.1, 0.15) is 22.3 Å². The van der Waals surface area contributed by atoms with Gasteiger partial charge in [0.15, 0.2) is 0 Å². The largest absolute Gasteiger partial charge is 0.355 e. The number of nitrogens with one attached hydrogen (secondary N) is 1. The van der Waals surface area contributed by atoms with Crippen LogP contribution in [0.25, 0.3) is 0 Å². The summed E-state index contributed by atoms with van der Waals surface area (Å²) >= 11 is 0. The van der Waals surface area contributed by atoms with E-state index in [9.17, 15) is 4.79 Å². The Morgan fingerprint density at radius 3 is 2.44 bits per heavy atom. The van der Waals surface area contributed by atoms with Gasteiger partial charge in [0.1, 0.15) is 0 Å². The van der Waals surface area contributed by atoms with Crippen molar-refractivity contribution in [1.82, 2.24) is 5.32 Å². The predicted octanol–water partition coefficient (Wildman–Crippen LogP) is 1.23. The standard InChI is InChI=1S/C13H20N2O/c1-9-6-11(3)12(7-10(9)2)8-13(16)15-5-4-14/h6-7H,4-5,8,14H2,1-3H3,(H,15,16). The normalized spacial score (nSPS) is 10.2. The number of carbonyl (C=O) groups excluding carboxylic acids is 1. The summed E-state index contributed by atoms with van der Waals surface area (Å²) in [5.41, 5.74) is 10.1. The first kappa shape index (κ1) is 12.7. The number of aryl methyl sites for hydroxylation is 3. The summed E-state index contributed by atoms with van der Waals surface area (Å²) in [6, 6.07) is 4.22. The molecule has 0 aliphatic heterocycles. The highest BCUT2D eigenvalue weighted by Crippen LogP contribution is 2.15. The minimum Gasteiger partial charge on any atom is -0.355 e. The summed E-state index contributed by atoms with van der Waals surface area (Å²) in [5, 5.41) is 2.78. The van der Waals surface area contributed by atoms with E-state index in [4.69, 9.17) is 5.73 Å². The summed E-state index contributed by atoms with van der Waals surface area (Å²) in [5.74, 6) is 0.0387. The minimum atomic E-state index is 0.0387. The van der Waals surface area contributed by atoms with Gasteiger partial charge in [-0.2, -0.15) is 0 Å². The van der Waals surface area contributed by atoms with E-state index in [1.807, 2.05) is 6.92 Å². The van der Waals surface area contributed by atoms with Crippen LogP contribution >= 0.6 is 0 Å². The van der Waals surface area contributed by atoms with Crippen molar-refractivity contribution in [3.05, 3.63) is 34.4 Å². The van der Waals surface area contributed by atoms with Crippen LogP contribution in [-0.2, 0) is 11.2 Å². The highest BCUT2D eigenvalue weighted by Gasteiger charge is 2.06. The van der Waals surface area contributed by atoms with Crippen LogP contribution in [0.4, 0.5) is 0 Å². The van der Waals surface area contributed by atoms with Crippen LogP contribution in [0.3, 0.4) is 0 Å². The molecule has 0 aromatic heterocycles. The smallest absolute Gasteiger partial charge is 0.224 e. The highest BCUT2D eigenvalue weighted by atomic mass is 16.1. The molecule has 0 unspecified atom stereocenters. The predicted molar refractivity (Wildman–Crippen MR) is 66.4 cm³/mol. The minimum absolute atomic E-state index is 0.0387. The van der Waals surface area contributed by atoms with Gasteiger partial charge in [-0.05, 0) is 43.0 Å². The number of rotatable bonds is 4. The van der Waals surface area contributed by atoms with Gasteiger partial charge in [-0.25, -0.2) is 0 Å². The first-order valence-corrected chi connectivity index (χ1v) is 5.58. The van der Waals surface area contributed by atoms with E-state index in [1.54, 1.807) is 0 Å². The Morgan fingerprint density at radius 1 is 1.19 bits per heavy atom. The summed E-state index contributed by atoms with van der Waals surface area (Å²) < 4.78 is 0. The zero-order valence-corrected chi connectivity index (χ0v) is 10.3. The van der Waals surface area contributed by atoms with Gasteiger partial charge in [0.2, 0.25) is 5.91 Å². The Bertz CT molecular complexity index is 386. The first-order chi connectivity index (χ1) is 7.54. The molecule has 1 rings (SSSR count). The second-order valence-corrected chi connectivity index (χ2v) is 4.18. The van der Waals surface area contributed by atoms with Crippen LogP contribution < -0.4 is 11.1 Å². The van der Waals surface area contributed by atoms with Gasteiger partial charge in [0.25, 0.3) is 0 Å². The molecule has 0 aliphatic rings. The van der Waals surface area contributed by atoms with Crippen LogP contribution in [0.5, 0.6) is 0 Å². The third kappa shape index (κ3) is 3.35. The fourth-order valence-corrected chi connectivity index (χ4v) is 1.66. The van der Waals surface area contributed by atoms with Crippen molar-refractivity contribution >= 4 is 5.91 Å². The number of amides is 1. The van der Waals surface area contributed by atoms with Gasteiger partial charge in [-0.15, -0.1) is 0 Å². The fraction of sp³-hybridized carbons (Fsp3) is 0.462. The molecule has 3 heteroatoms. The van der Waals surface area contributed by atoms with Gasteiger partial charge < -0.3 is 11.1 Å². The Hall–Kier alpha value is -1.35. The van der Waals surface area contributed by atoms with Crippen molar-refractivity contribution in [1.29, 1.82) is 0 Å². The van der Waals surface area contributed by atoms with Crippen molar-refractivity contribution in [2.45, 2.75) is 27.2 Å². The summed E-state index contributed by atoms with van der Waals surface area (Å²) in [4.78, 5) is 11.6. The molecule has 1 aromatic carbocycles. The lowest BCUT2D eigenvalue weighted by Crippen LogP contribution is -2.30. The van der Waals surface area contributed by atoms with Crippen molar-refractivity contribution in [2.75, 3.05) is 13.1 Å². The molecule has 1 amide bonds. The second-order valence-electron chi connectivity index (χ2n) is 4.18. The van der Waals surface area contributed by atoms with Crippen molar-refractivity contribution < 1.29 is 4.79 Å². The molecule has 0 fully saturated rings. The zero-order chi connectivity index (χ0) is 12.1. The lowest BCUT2D eigenvalue weighted by atomic mass is 9.98. The van der Waals surface area contributed by atoms with E-state index >= 15 is 0 Å². The van der Waals surface area contributed by atoms with Crippen LogP contribution in [0.15, 0.2) is 12.1 Å². The SMILES string of the molecule is Cc1cc(C)c(CC(=O)NCCN)cc1C. The van der Waals surface area contributed by atoms with Crippen LogP contribution in [0, 0.1) is 20.8 Å². The summed E-state index contributed by atoms with van der Waals surface area (Å²) in [6.45, 7) is 7.22. The molecule has 0 saturated carbocycles. The van der Waals surface area contributed by atoms with Gasteiger partial charge in [0.05, 0.1) is 6.42 Å². The molecule has 1 aromatic rings. The van der Waals surface area contributed by atoms with Crippen molar-refractivity contribution in [3.63, 3.8) is 0 Å². The average Bonchev–Trinajstić information content (AvgIpc) is 2.23. The number of carbonyl (C=O) groups is 1. The van der Waals surface area contributed by atoms with E-state index in [0.717, 1.165) is 5.56 Å². The Balaban J connectivity index is 2.73. The monoisotopic (exact) mass is 220 g/mol. The summed E-state index contributed by atoms with van der Waals surface area (Å²) in [7, 11) is 0. The fourth-order valence-electron chi connectivity index (χ4n) is 1.66. The number of hydrogen-bond acceptors (Lipinski definition) is 2. The average molecular weight is 220 g/mol. The molecule has 88 valence electrons. The Kier molecular flexibility index (Phi) is 4.50. The van der Waals surface area contributed by atoms with Crippen molar-refractivity contribution in [3.8, 4) is 0 Å². The van der Waals surface area contributed by atoms with E-state index in [0.29, 0.717) is 19.5 Å². The van der Waals surface area contributed by atoms with E-state index in [-0.39, 0.29) is 5.91 Å². The molecule has 16 heavy (non-hydrogen) atoms. The molecular weight excluding hydrogens is 200 g/mol. The third-order valence-corrected chi connectivity index (χ3v) is 2.77. The number of benzene rings is 1. The molecular formula is C13H20N2O. The van der Waals surface area contributed by atoms with Gasteiger partial charge in [0, 0.05) is 13.1 Å². The van der Waals surface area contributed by atoms with E-state index in [2.05, 4.69) is 31.3 Å². The molecule has 0 radical (unpaired) electrons. The van der Waals surface area contributed by atoms with Gasteiger partial charge in [-0.1, -0.05) is 12.1 Å². The Labute approximate surface area is 97.0 Å². The third-order valence-electron chi connectivity index (χ3n) is 2.77. The van der Waals surface area contributed by atoms with Gasteiger partial charge in [-0.3, -0.25) is 4.79 Å². The molecule has 0 atom stereocenters. The molecule has 0 aliphatic carbocycles. The second kappa shape index (κ2) is 5.66. The number of nitrogens with two attached hydrogens (primary N) is 1. The molecule has 0 spiro atoms. The number of hydrogen-bond donors (Lipinski definition) is 2. The van der Waals surface area contributed by atoms with E-state index in [1.165, 1.54) is 16.7 Å². The first-order valence-electron chi connectivity index (χ1n) is 5.58. The zero-order valence-electron chi connectivity index (χ0n) is 10.3. The van der Waals surface area contributed by atoms with Crippen LogP contribution in [-0.4, -0.2) is 19.0 Å². The highest BCUT2D eigenvalue weighted by molar-refractivity contribution is 5.79. The maximum Gasteiger partial charge on any atom is 0.224 e.